The van der Waals surface area contributed by atoms with Crippen LogP contribution in [0.25, 0.3) is 0 Å². The summed E-state index contributed by atoms with van der Waals surface area (Å²) in [5, 5.41) is 10.5. The van der Waals surface area contributed by atoms with Crippen molar-refractivity contribution >= 4 is 0 Å². The van der Waals surface area contributed by atoms with Gasteiger partial charge in [-0.15, -0.1) is 0 Å². The van der Waals surface area contributed by atoms with Crippen LogP contribution in [0.1, 0.15) is 44.2 Å². The van der Waals surface area contributed by atoms with Crippen LogP contribution in [0.15, 0.2) is 36.4 Å². The van der Waals surface area contributed by atoms with E-state index in [2.05, 4.69) is 36.9 Å². The summed E-state index contributed by atoms with van der Waals surface area (Å²) in [6.07, 6.45) is 4.10. The molecule has 0 aliphatic carbocycles. The lowest BCUT2D eigenvalue weighted by atomic mass is 9.66. The van der Waals surface area contributed by atoms with Crippen LogP contribution in [0.3, 0.4) is 0 Å². The molecule has 1 unspecified atom stereocenters. The number of methoxy groups -OCH3 is 4. The smallest absolute Gasteiger partial charge is 0.161 e. The Bertz CT molecular complexity index is 1020. The minimum absolute atomic E-state index is 0.174. The van der Waals surface area contributed by atoms with Gasteiger partial charge in [-0.25, -0.2) is 0 Å². The van der Waals surface area contributed by atoms with Gasteiger partial charge in [0, 0.05) is 13.1 Å². The third-order valence-corrected chi connectivity index (χ3v) is 7.46. The largest absolute Gasteiger partial charge is 0.493 e. The Hall–Kier alpha value is -2.91. The Balaban J connectivity index is 1.72. The Morgan fingerprint density at radius 1 is 0.943 bits per heavy atom. The molecule has 2 aromatic carbocycles. The zero-order chi connectivity index (χ0) is 25.4. The van der Waals surface area contributed by atoms with E-state index in [9.17, 15) is 5.26 Å². The van der Waals surface area contributed by atoms with Crippen LogP contribution in [-0.2, 0) is 11.8 Å². The third-order valence-electron chi connectivity index (χ3n) is 7.46. The van der Waals surface area contributed by atoms with Crippen molar-refractivity contribution < 1.29 is 18.9 Å². The molecule has 0 saturated carbocycles. The fraction of sp³-hybridized carbons (Fsp3) is 0.552. The van der Waals surface area contributed by atoms with Gasteiger partial charge >= 0.3 is 0 Å². The number of hydrogen-bond donors (Lipinski definition) is 0. The van der Waals surface area contributed by atoms with Crippen molar-refractivity contribution in [1.82, 2.24) is 4.90 Å². The molecule has 3 rings (SSSR count). The molecule has 1 aliphatic heterocycles. The standard InChI is InChI=1S/C29H40N2O4/c1-21(2)29(20-30,24-10-12-26(33-4)28(17-24)35-6)18-23-8-7-14-31(19-23)15-13-22-9-11-25(32-3)27(16-22)34-5/h9-12,16-17,21,23H,7-8,13-15,18-19H2,1-6H3/t23-,29?/m1/s1. The van der Waals surface area contributed by atoms with Gasteiger partial charge in [-0.2, -0.15) is 5.26 Å². The number of nitrogens with zero attached hydrogens (tertiary/aromatic N) is 2. The number of benzene rings is 2. The Morgan fingerprint density at radius 2 is 1.57 bits per heavy atom. The first-order valence-corrected chi connectivity index (χ1v) is 12.5. The van der Waals surface area contributed by atoms with Crippen molar-refractivity contribution in [3.63, 3.8) is 0 Å². The van der Waals surface area contributed by atoms with Crippen molar-refractivity contribution in [2.45, 2.75) is 44.9 Å². The number of piperidine rings is 1. The van der Waals surface area contributed by atoms with Crippen LogP contribution in [0.5, 0.6) is 23.0 Å². The van der Waals surface area contributed by atoms with Crippen molar-refractivity contribution in [2.24, 2.45) is 11.8 Å². The molecule has 0 spiro atoms. The number of likely N-dealkylation sites (tertiary alicyclic amines) is 1. The van der Waals surface area contributed by atoms with Crippen LogP contribution < -0.4 is 18.9 Å². The fourth-order valence-electron chi connectivity index (χ4n) is 5.34. The molecule has 1 fully saturated rings. The van der Waals surface area contributed by atoms with Gasteiger partial charge in [0.25, 0.3) is 0 Å². The summed E-state index contributed by atoms with van der Waals surface area (Å²) in [4.78, 5) is 2.54. The number of rotatable bonds is 11. The SMILES string of the molecule is COc1ccc(CCN2CCC[C@H](CC(C#N)(c3ccc(OC)c(OC)c3)C(C)C)C2)cc1OC. The maximum atomic E-state index is 10.5. The van der Waals surface area contributed by atoms with Gasteiger partial charge in [0.05, 0.1) is 39.9 Å². The van der Waals surface area contributed by atoms with Crippen LogP contribution in [-0.4, -0.2) is 53.0 Å². The highest BCUT2D eigenvalue weighted by Gasteiger charge is 2.40. The van der Waals surface area contributed by atoms with Crippen LogP contribution in [0.4, 0.5) is 0 Å². The molecule has 1 saturated heterocycles. The lowest BCUT2D eigenvalue weighted by Gasteiger charge is -2.39. The molecule has 0 aromatic heterocycles. The number of nitriles is 1. The molecule has 6 nitrogen and oxygen atoms in total. The van der Waals surface area contributed by atoms with Crippen LogP contribution >= 0.6 is 0 Å². The van der Waals surface area contributed by atoms with Gasteiger partial charge in [-0.3, -0.25) is 0 Å². The summed E-state index contributed by atoms with van der Waals surface area (Å²) < 4.78 is 21.8. The first-order valence-electron chi connectivity index (χ1n) is 12.5. The van der Waals surface area contributed by atoms with E-state index in [1.807, 2.05) is 24.3 Å². The van der Waals surface area contributed by atoms with E-state index in [0.717, 1.165) is 62.4 Å². The maximum Gasteiger partial charge on any atom is 0.161 e. The fourth-order valence-corrected chi connectivity index (χ4v) is 5.34. The second-order valence-corrected chi connectivity index (χ2v) is 9.76. The average molecular weight is 481 g/mol. The molecule has 0 radical (unpaired) electrons. The van der Waals surface area contributed by atoms with E-state index >= 15 is 0 Å². The van der Waals surface area contributed by atoms with Crippen molar-refractivity contribution in [1.29, 1.82) is 5.26 Å². The zero-order valence-corrected chi connectivity index (χ0v) is 22.1. The van der Waals surface area contributed by atoms with Crippen molar-refractivity contribution in [2.75, 3.05) is 48.1 Å². The predicted octanol–water partition coefficient (Wildman–Crippen LogP) is 5.48. The topological polar surface area (TPSA) is 64.0 Å². The highest BCUT2D eigenvalue weighted by molar-refractivity contribution is 5.47. The normalized spacial score (nSPS) is 17.9. The third kappa shape index (κ3) is 6.02. The first kappa shape index (κ1) is 26.7. The van der Waals surface area contributed by atoms with Crippen LogP contribution in [0.2, 0.25) is 0 Å². The molecule has 2 atom stereocenters. The molecular weight excluding hydrogens is 440 g/mol. The quantitative estimate of drug-likeness (QED) is 0.424. The lowest BCUT2D eigenvalue weighted by Crippen LogP contribution is -2.41. The van der Waals surface area contributed by atoms with E-state index in [4.69, 9.17) is 18.9 Å². The number of hydrogen-bond acceptors (Lipinski definition) is 6. The Labute approximate surface area is 210 Å². The van der Waals surface area contributed by atoms with Crippen molar-refractivity contribution in [3.8, 4) is 29.1 Å². The maximum absolute atomic E-state index is 10.5. The minimum atomic E-state index is -0.573. The molecule has 35 heavy (non-hydrogen) atoms. The van der Waals surface area contributed by atoms with Gasteiger partial charge < -0.3 is 23.8 Å². The summed E-state index contributed by atoms with van der Waals surface area (Å²) in [6, 6.07) is 14.8. The monoisotopic (exact) mass is 480 g/mol. The Kier molecular flexibility index (Phi) is 9.28. The van der Waals surface area contributed by atoms with Gasteiger partial charge in [0.2, 0.25) is 0 Å². The molecule has 190 valence electrons. The Morgan fingerprint density at radius 3 is 2.17 bits per heavy atom. The second-order valence-electron chi connectivity index (χ2n) is 9.76. The average Bonchev–Trinajstić information content (AvgIpc) is 2.89. The number of ether oxygens (including phenoxy) is 4. The molecule has 2 aromatic rings. The molecule has 0 amide bonds. The molecule has 0 bridgehead atoms. The van der Waals surface area contributed by atoms with Gasteiger partial charge in [-0.1, -0.05) is 26.0 Å². The van der Waals surface area contributed by atoms with E-state index < -0.39 is 5.41 Å². The summed E-state index contributed by atoms with van der Waals surface area (Å²) in [7, 11) is 6.61. The van der Waals surface area contributed by atoms with Gasteiger partial charge in [-0.05, 0) is 79.5 Å². The highest BCUT2D eigenvalue weighted by atomic mass is 16.5. The second kappa shape index (κ2) is 12.2. The van der Waals surface area contributed by atoms with E-state index in [1.54, 1.807) is 28.4 Å². The minimum Gasteiger partial charge on any atom is -0.493 e. The molecule has 0 N–H and O–H groups in total. The molecular formula is C29H40N2O4. The molecule has 1 heterocycles. The van der Waals surface area contributed by atoms with Crippen molar-refractivity contribution in [3.05, 3.63) is 47.5 Å². The molecule has 1 aliphatic rings. The summed E-state index contributed by atoms with van der Waals surface area (Å²) in [5.74, 6) is 3.52. The molecule has 6 heteroatoms. The van der Waals surface area contributed by atoms with Gasteiger partial charge in [0.1, 0.15) is 0 Å². The summed E-state index contributed by atoms with van der Waals surface area (Å²) in [6.45, 7) is 7.40. The lowest BCUT2D eigenvalue weighted by molar-refractivity contribution is 0.148. The van der Waals surface area contributed by atoms with E-state index in [1.165, 1.54) is 5.56 Å². The predicted molar refractivity (Wildman–Crippen MR) is 139 cm³/mol. The zero-order valence-electron chi connectivity index (χ0n) is 22.1. The van der Waals surface area contributed by atoms with Crippen LogP contribution in [0, 0.1) is 23.2 Å². The first-order chi connectivity index (χ1) is 16.9. The highest BCUT2D eigenvalue weighted by Crippen LogP contribution is 2.43. The van der Waals surface area contributed by atoms with E-state index in [-0.39, 0.29) is 5.92 Å². The summed E-state index contributed by atoms with van der Waals surface area (Å²) >= 11 is 0. The van der Waals surface area contributed by atoms with Gasteiger partial charge in [0.15, 0.2) is 23.0 Å². The van der Waals surface area contributed by atoms with E-state index in [0.29, 0.717) is 17.4 Å². The summed E-state index contributed by atoms with van der Waals surface area (Å²) in [5.41, 5.74) is 1.68.